The Balaban J connectivity index is 2.30. The van der Waals surface area contributed by atoms with E-state index in [0.29, 0.717) is 5.69 Å². The van der Waals surface area contributed by atoms with Gasteiger partial charge in [-0.15, -0.1) is 0 Å². The van der Waals surface area contributed by atoms with Crippen molar-refractivity contribution in [2.45, 2.75) is 6.54 Å². The summed E-state index contributed by atoms with van der Waals surface area (Å²) in [6.07, 6.45) is 0. The molecule has 0 bridgehead atoms. The van der Waals surface area contributed by atoms with Gasteiger partial charge in [-0.25, -0.2) is 4.79 Å². The quantitative estimate of drug-likeness (QED) is 0.734. The second-order valence-electron chi connectivity index (χ2n) is 3.95. The Morgan fingerprint density at radius 3 is 2.50 bits per heavy atom. The lowest BCUT2D eigenvalue weighted by Gasteiger charge is -2.08. The van der Waals surface area contributed by atoms with Gasteiger partial charge in [0.25, 0.3) is 0 Å². The molecular weight excluding hydrogens is 234 g/mol. The van der Waals surface area contributed by atoms with Crippen molar-refractivity contribution in [3.05, 3.63) is 40.8 Å². The summed E-state index contributed by atoms with van der Waals surface area (Å²) in [5.41, 5.74) is 0.183. The molecule has 0 atom stereocenters. The minimum atomic E-state index is -0.434. The van der Waals surface area contributed by atoms with Crippen LogP contribution in [0.4, 0.5) is 0 Å². The average Bonchev–Trinajstić information content (AvgIpc) is 2.72. The zero-order valence-electron chi connectivity index (χ0n) is 10.1. The number of nitrogens with zero attached hydrogens (tertiary/aromatic N) is 5. The lowest BCUT2D eigenvalue weighted by molar-refractivity contribution is -0.129. The molecule has 0 saturated carbocycles. The number of carbonyl (C=O) groups excluding carboxylic acids is 1. The highest BCUT2D eigenvalue weighted by Gasteiger charge is 2.12. The van der Waals surface area contributed by atoms with E-state index in [9.17, 15) is 9.59 Å². The van der Waals surface area contributed by atoms with Gasteiger partial charge in [-0.1, -0.05) is 18.2 Å². The zero-order chi connectivity index (χ0) is 13.1. The van der Waals surface area contributed by atoms with Crippen LogP contribution >= 0.6 is 0 Å². The third kappa shape index (κ3) is 2.29. The largest absolute Gasteiger partial charge is 0.368 e. The summed E-state index contributed by atoms with van der Waals surface area (Å²) in [5.74, 6) is -0.211. The molecule has 0 N–H and O–H groups in total. The SMILES string of the molecule is CN(C)C(=O)Cn1nnn(-c2ccccc2)c1=O. The van der Waals surface area contributed by atoms with Crippen molar-refractivity contribution in [1.29, 1.82) is 0 Å². The molecule has 2 rings (SSSR count). The van der Waals surface area contributed by atoms with Crippen molar-refractivity contribution >= 4 is 5.91 Å². The van der Waals surface area contributed by atoms with Gasteiger partial charge in [-0.05, 0) is 22.6 Å². The third-order valence-electron chi connectivity index (χ3n) is 2.42. The molecule has 1 amide bonds. The van der Waals surface area contributed by atoms with E-state index in [4.69, 9.17) is 0 Å². The standard InChI is InChI=1S/C11H13N5O2/c1-14(2)10(17)8-15-11(18)16(13-12-15)9-6-4-3-5-7-9/h3-7H,8H2,1-2H3. The highest BCUT2D eigenvalue weighted by atomic mass is 16.2. The fourth-order valence-corrected chi connectivity index (χ4v) is 1.37. The van der Waals surface area contributed by atoms with Crippen LogP contribution in [-0.4, -0.2) is 44.7 Å². The number of hydrogen-bond donors (Lipinski definition) is 0. The van der Waals surface area contributed by atoms with Crippen LogP contribution in [0.1, 0.15) is 0 Å². The minimum absolute atomic E-state index is 0.112. The smallest absolute Gasteiger partial charge is 0.347 e. The summed E-state index contributed by atoms with van der Waals surface area (Å²) in [7, 11) is 3.24. The normalized spacial score (nSPS) is 10.3. The van der Waals surface area contributed by atoms with Crippen LogP contribution in [0.3, 0.4) is 0 Å². The van der Waals surface area contributed by atoms with Gasteiger partial charge in [0, 0.05) is 14.1 Å². The van der Waals surface area contributed by atoms with E-state index in [0.717, 1.165) is 9.36 Å². The van der Waals surface area contributed by atoms with Crippen molar-refractivity contribution in [2.75, 3.05) is 14.1 Å². The van der Waals surface area contributed by atoms with Crippen molar-refractivity contribution in [1.82, 2.24) is 24.7 Å². The predicted octanol–water partition coefficient (Wildman–Crippen LogP) is -0.483. The molecule has 1 aromatic heterocycles. The van der Waals surface area contributed by atoms with Crippen molar-refractivity contribution in [2.24, 2.45) is 0 Å². The first-order valence-electron chi connectivity index (χ1n) is 5.38. The van der Waals surface area contributed by atoms with Gasteiger partial charge in [-0.3, -0.25) is 4.79 Å². The molecule has 18 heavy (non-hydrogen) atoms. The maximum Gasteiger partial charge on any atom is 0.368 e. The van der Waals surface area contributed by atoms with Crippen LogP contribution in [0.25, 0.3) is 5.69 Å². The molecule has 0 spiro atoms. The summed E-state index contributed by atoms with van der Waals surface area (Å²) in [5, 5.41) is 7.43. The van der Waals surface area contributed by atoms with Crippen LogP contribution in [0.2, 0.25) is 0 Å². The number of hydrogen-bond acceptors (Lipinski definition) is 4. The molecule has 0 saturated heterocycles. The molecule has 1 heterocycles. The number of tetrazole rings is 1. The maximum atomic E-state index is 12.0. The van der Waals surface area contributed by atoms with Crippen molar-refractivity contribution < 1.29 is 4.79 Å². The van der Waals surface area contributed by atoms with Crippen molar-refractivity contribution in [3.8, 4) is 5.69 Å². The minimum Gasteiger partial charge on any atom is -0.347 e. The van der Waals surface area contributed by atoms with Crippen LogP contribution in [-0.2, 0) is 11.3 Å². The van der Waals surface area contributed by atoms with Gasteiger partial charge < -0.3 is 4.90 Å². The number of rotatable bonds is 3. The maximum absolute atomic E-state index is 12.0. The highest BCUT2D eigenvalue weighted by molar-refractivity contribution is 5.75. The second-order valence-corrected chi connectivity index (χ2v) is 3.95. The van der Waals surface area contributed by atoms with E-state index >= 15 is 0 Å². The summed E-state index contributed by atoms with van der Waals surface area (Å²) >= 11 is 0. The summed E-state index contributed by atoms with van der Waals surface area (Å²) in [6.45, 7) is -0.112. The Bertz CT molecular complexity index is 599. The van der Waals surface area contributed by atoms with E-state index < -0.39 is 5.69 Å². The highest BCUT2D eigenvalue weighted by Crippen LogP contribution is 2.00. The molecule has 7 heteroatoms. The third-order valence-corrected chi connectivity index (χ3v) is 2.42. The van der Waals surface area contributed by atoms with E-state index in [2.05, 4.69) is 10.4 Å². The average molecular weight is 247 g/mol. The number of aromatic nitrogens is 4. The molecule has 0 fully saturated rings. The Labute approximate surface area is 103 Å². The lowest BCUT2D eigenvalue weighted by atomic mass is 10.3. The Morgan fingerprint density at radius 2 is 1.89 bits per heavy atom. The Hall–Kier alpha value is -2.44. The molecule has 0 aliphatic heterocycles. The lowest BCUT2D eigenvalue weighted by Crippen LogP contribution is -2.32. The van der Waals surface area contributed by atoms with Crippen LogP contribution < -0.4 is 5.69 Å². The van der Waals surface area contributed by atoms with Crippen LogP contribution in [0.5, 0.6) is 0 Å². The van der Waals surface area contributed by atoms with Gasteiger partial charge in [0.15, 0.2) is 0 Å². The van der Waals surface area contributed by atoms with Gasteiger partial charge in [0.1, 0.15) is 6.54 Å². The monoisotopic (exact) mass is 247 g/mol. The first-order valence-corrected chi connectivity index (χ1v) is 5.38. The molecule has 2 aromatic rings. The van der Waals surface area contributed by atoms with Crippen molar-refractivity contribution in [3.63, 3.8) is 0 Å². The molecule has 7 nitrogen and oxygen atoms in total. The van der Waals surface area contributed by atoms with Gasteiger partial charge in [0.2, 0.25) is 5.91 Å². The van der Waals surface area contributed by atoms with Gasteiger partial charge in [0.05, 0.1) is 5.69 Å². The number of amides is 1. The van der Waals surface area contributed by atoms with E-state index in [-0.39, 0.29) is 12.5 Å². The van der Waals surface area contributed by atoms with Gasteiger partial charge in [-0.2, -0.15) is 9.36 Å². The van der Waals surface area contributed by atoms with Crippen LogP contribution in [0.15, 0.2) is 35.1 Å². The molecule has 1 aromatic carbocycles. The van der Waals surface area contributed by atoms with E-state index in [1.807, 2.05) is 6.07 Å². The molecule has 0 unspecified atom stereocenters. The molecule has 0 radical (unpaired) electrons. The Kier molecular flexibility index (Phi) is 3.22. The van der Waals surface area contributed by atoms with Crippen LogP contribution in [0, 0.1) is 0 Å². The summed E-state index contributed by atoms with van der Waals surface area (Å²) < 4.78 is 2.19. The van der Waals surface area contributed by atoms with E-state index in [1.165, 1.54) is 4.90 Å². The zero-order valence-corrected chi connectivity index (χ0v) is 10.1. The molecule has 0 aliphatic carbocycles. The second kappa shape index (κ2) is 4.82. The summed E-state index contributed by atoms with van der Waals surface area (Å²) in [4.78, 5) is 24.9. The molecule has 0 aliphatic rings. The number of carbonyl (C=O) groups is 1. The first kappa shape index (κ1) is 12.0. The first-order chi connectivity index (χ1) is 8.59. The predicted molar refractivity (Wildman–Crippen MR) is 64.3 cm³/mol. The summed E-state index contributed by atoms with van der Waals surface area (Å²) in [6, 6.07) is 8.93. The fourth-order valence-electron chi connectivity index (χ4n) is 1.37. The number of likely N-dealkylation sites (N-methyl/N-ethyl adjacent to an activating group) is 1. The number of para-hydroxylation sites is 1. The number of benzene rings is 1. The van der Waals surface area contributed by atoms with E-state index in [1.54, 1.807) is 38.4 Å². The topological polar surface area (TPSA) is 73.0 Å². The molecular formula is C11H13N5O2. The Morgan fingerprint density at radius 1 is 1.22 bits per heavy atom. The van der Waals surface area contributed by atoms with Gasteiger partial charge >= 0.3 is 5.69 Å². The molecule has 94 valence electrons. The fraction of sp³-hybridized carbons (Fsp3) is 0.273.